The molecule has 0 saturated heterocycles. The molecule has 0 spiro atoms. The van der Waals surface area contributed by atoms with Crippen LogP contribution < -0.4 is 16.1 Å². The van der Waals surface area contributed by atoms with Gasteiger partial charge in [0.2, 0.25) is 17.8 Å². The van der Waals surface area contributed by atoms with Crippen molar-refractivity contribution in [2.24, 2.45) is 5.10 Å². The molecule has 4 aromatic rings. The molecule has 0 saturated carbocycles. The number of benzene rings is 3. The van der Waals surface area contributed by atoms with Crippen LogP contribution in [0.5, 0.6) is 0 Å². The molecule has 1 heterocycles. The second-order valence-electron chi connectivity index (χ2n) is 7.83. The zero-order valence-corrected chi connectivity index (χ0v) is 19.5. The van der Waals surface area contributed by atoms with Gasteiger partial charge in [-0.3, -0.25) is 10.1 Å². The molecule has 176 valence electrons. The van der Waals surface area contributed by atoms with Crippen molar-refractivity contribution in [3.63, 3.8) is 0 Å². The van der Waals surface area contributed by atoms with Gasteiger partial charge in [0.15, 0.2) is 0 Å². The molecule has 0 aliphatic rings. The summed E-state index contributed by atoms with van der Waals surface area (Å²) >= 11 is 0. The number of non-ortho nitro benzene ring substituents is 1. The summed E-state index contributed by atoms with van der Waals surface area (Å²) < 4.78 is 0. The first kappa shape index (κ1) is 23.3. The van der Waals surface area contributed by atoms with Crippen LogP contribution >= 0.6 is 0 Å². The predicted molar refractivity (Wildman–Crippen MR) is 138 cm³/mol. The highest BCUT2D eigenvalue weighted by atomic mass is 16.6. The van der Waals surface area contributed by atoms with Crippen LogP contribution in [0.25, 0.3) is 0 Å². The number of hydrogen-bond acceptors (Lipinski definition) is 9. The molecule has 0 unspecified atom stereocenters. The van der Waals surface area contributed by atoms with Crippen LogP contribution in [0.4, 0.5) is 34.9 Å². The first-order valence-electron chi connectivity index (χ1n) is 10.8. The largest absolute Gasteiger partial charge is 0.324 e. The fourth-order valence-corrected chi connectivity index (χ4v) is 3.16. The van der Waals surface area contributed by atoms with Crippen molar-refractivity contribution < 1.29 is 4.92 Å². The summed E-state index contributed by atoms with van der Waals surface area (Å²) in [6, 6.07) is 21.7. The number of aryl methyl sites for hydroxylation is 2. The molecule has 0 bridgehead atoms. The number of rotatable bonds is 8. The van der Waals surface area contributed by atoms with Gasteiger partial charge in [-0.25, -0.2) is 5.43 Å². The van der Waals surface area contributed by atoms with Gasteiger partial charge in [-0.15, -0.1) is 0 Å². The Morgan fingerprint density at radius 1 is 0.800 bits per heavy atom. The van der Waals surface area contributed by atoms with Crippen LogP contribution in [0.15, 0.2) is 77.9 Å². The predicted octanol–water partition coefficient (Wildman–Crippen LogP) is 5.72. The summed E-state index contributed by atoms with van der Waals surface area (Å²) in [7, 11) is 0. The van der Waals surface area contributed by atoms with Crippen LogP contribution in [-0.4, -0.2) is 25.6 Å². The van der Waals surface area contributed by atoms with E-state index in [9.17, 15) is 10.1 Å². The maximum atomic E-state index is 10.9. The third-order valence-electron chi connectivity index (χ3n) is 5.25. The number of nitrogens with one attached hydrogen (secondary N) is 3. The molecule has 10 heteroatoms. The van der Waals surface area contributed by atoms with Gasteiger partial charge in [0.05, 0.1) is 10.6 Å². The molecule has 0 aliphatic heterocycles. The SMILES string of the molecule is C/C(=N/Nc1nc(Nc2ccc([N+](=O)[O-])cc2)nc(Nc2ccc(C)c(C)c2)n1)c1ccccc1. The second-order valence-corrected chi connectivity index (χ2v) is 7.83. The number of nitrogens with zero attached hydrogens (tertiary/aromatic N) is 5. The summed E-state index contributed by atoms with van der Waals surface area (Å²) in [6.45, 7) is 5.96. The van der Waals surface area contributed by atoms with Crippen molar-refractivity contribution in [1.29, 1.82) is 0 Å². The summed E-state index contributed by atoms with van der Waals surface area (Å²) in [6.07, 6.45) is 0. The molecule has 0 fully saturated rings. The number of aromatic nitrogens is 3. The van der Waals surface area contributed by atoms with E-state index >= 15 is 0 Å². The van der Waals surface area contributed by atoms with Gasteiger partial charge in [0.1, 0.15) is 0 Å². The lowest BCUT2D eigenvalue weighted by molar-refractivity contribution is -0.384. The van der Waals surface area contributed by atoms with E-state index < -0.39 is 4.92 Å². The first-order chi connectivity index (χ1) is 16.9. The molecule has 0 aliphatic carbocycles. The van der Waals surface area contributed by atoms with E-state index in [-0.39, 0.29) is 17.6 Å². The van der Waals surface area contributed by atoms with Gasteiger partial charge in [-0.05, 0) is 61.7 Å². The molecular weight excluding hydrogens is 444 g/mol. The number of nitro groups is 1. The lowest BCUT2D eigenvalue weighted by Crippen LogP contribution is -2.08. The third kappa shape index (κ3) is 6.14. The van der Waals surface area contributed by atoms with E-state index in [4.69, 9.17) is 0 Å². The quantitative estimate of drug-likeness (QED) is 0.170. The lowest BCUT2D eigenvalue weighted by atomic mass is 10.1. The minimum atomic E-state index is -0.451. The highest BCUT2D eigenvalue weighted by Gasteiger charge is 2.10. The van der Waals surface area contributed by atoms with Crippen molar-refractivity contribution in [3.05, 3.63) is 99.6 Å². The highest BCUT2D eigenvalue weighted by Crippen LogP contribution is 2.22. The zero-order valence-electron chi connectivity index (χ0n) is 19.5. The summed E-state index contributed by atoms with van der Waals surface area (Å²) in [5.41, 5.74) is 8.36. The van der Waals surface area contributed by atoms with E-state index in [1.807, 2.05) is 69.3 Å². The Kier molecular flexibility index (Phi) is 6.91. The zero-order chi connectivity index (χ0) is 24.8. The van der Waals surface area contributed by atoms with E-state index in [1.165, 1.54) is 17.7 Å². The molecular formula is C25H24N8O2. The van der Waals surface area contributed by atoms with E-state index in [2.05, 4.69) is 36.1 Å². The highest BCUT2D eigenvalue weighted by molar-refractivity contribution is 5.98. The second kappa shape index (κ2) is 10.4. The van der Waals surface area contributed by atoms with Crippen LogP contribution in [0, 0.1) is 24.0 Å². The molecule has 4 rings (SSSR count). The molecule has 3 aromatic carbocycles. The van der Waals surface area contributed by atoms with Crippen molar-refractivity contribution in [2.75, 3.05) is 16.1 Å². The van der Waals surface area contributed by atoms with Crippen LogP contribution in [0.2, 0.25) is 0 Å². The van der Waals surface area contributed by atoms with Gasteiger partial charge in [0, 0.05) is 23.5 Å². The van der Waals surface area contributed by atoms with Gasteiger partial charge >= 0.3 is 0 Å². The van der Waals surface area contributed by atoms with Crippen LogP contribution in [0.3, 0.4) is 0 Å². The van der Waals surface area contributed by atoms with Crippen LogP contribution in [-0.2, 0) is 0 Å². The average Bonchev–Trinajstić information content (AvgIpc) is 2.85. The Hall–Kier alpha value is -4.86. The smallest absolute Gasteiger partial charge is 0.269 e. The fourth-order valence-electron chi connectivity index (χ4n) is 3.16. The number of hydrazone groups is 1. The Morgan fingerprint density at radius 3 is 2.03 bits per heavy atom. The lowest BCUT2D eigenvalue weighted by Gasteiger charge is -2.11. The van der Waals surface area contributed by atoms with Gasteiger partial charge < -0.3 is 10.6 Å². The van der Waals surface area contributed by atoms with Crippen molar-refractivity contribution in [3.8, 4) is 0 Å². The molecule has 0 atom stereocenters. The van der Waals surface area contributed by atoms with Gasteiger partial charge in [0.25, 0.3) is 5.69 Å². The summed E-state index contributed by atoms with van der Waals surface area (Å²) in [5.74, 6) is 0.781. The monoisotopic (exact) mass is 468 g/mol. The van der Waals surface area contributed by atoms with E-state index in [1.54, 1.807) is 12.1 Å². The molecule has 10 nitrogen and oxygen atoms in total. The normalized spacial score (nSPS) is 11.1. The Bertz CT molecular complexity index is 1370. The minimum absolute atomic E-state index is 0.00336. The maximum absolute atomic E-state index is 10.9. The number of anilines is 5. The maximum Gasteiger partial charge on any atom is 0.269 e. The standard InChI is InChI=1S/C25H24N8O2/c1-16-9-10-21(15-17(16)2)27-24-28-23(26-20-11-13-22(14-12-20)33(34)35)29-25(30-24)32-31-18(3)19-7-5-4-6-8-19/h4-15H,1-3H3,(H3,26,27,28,29,30,32)/b31-18-. The molecule has 0 radical (unpaired) electrons. The molecule has 0 amide bonds. The first-order valence-corrected chi connectivity index (χ1v) is 10.8. The Balaban J connectivity index is 1.62. The van der Waals surface area contributed by atoms with E-state index in [0.717, 1.165) is 22.5 Å². The third-order valence-corrected chi connectivity index (χ3v) is 5.25. The van der Waals surface area contributed by atoms with Crippen molar-refractivity contribution in [1.82, 2.24) is 15.0 Å². The van der Waals surface area contributed by atoms with Gasteiger partial charge in [-0.2, -0.15) is 20.1 Å². The number of nitro benzene ring substituents is 1. The van der Waals surface area contributed by atoms with Crippen molar-refractivity contribution in [2.45, 2.75) is 20.8 Å². The van der Waals surface area contributed by atoms with Gasteiger partial charge in [-0.1, -0.05) is 36.4 Å². The minimum Gasteiger partial charge on any atom is -0.324 e. The summed E-state index contributed by atoms with van der Waals surface area (Å²) in [5, 5.41) is 21.6. The molecule has 35 heavy (non-hydrogen) atoms. The average molecular weight is 469 g/mol. The fraction of sp³-hybridized carbons (Fsp3) is 0.120. The molecule has 3 N–H and O–H groups in total. The summed E-state index contributed by atoms with van der Waals surface area (Å²) in [4.78, 5) is 23.8. The Morgan fingerprint density at radius 2 is 1.40 bits per heavy atom. The van der Waals surface area contributed by atoms with Crippen molar-refractivity contribution >= 4 is 40.6 Å². The van der Waals surface area contributed by atoms with E-state index in [0.29, 0.717) is 11.6 Å². The topological polar surface area (TPSA) is 130 Å². The Labute approximate surface area is 202 Å². The number of hydrogen-bond donors (Lipinski definition) is 3. The van der Waals surface area contributed by atoms with Crippen LogP contribution in [0.1, 0.15) is 23.6 Å². The molecule has 1 aromatic heterocycles.